The van der Waals surface area contributed by atoms with Gasteiger partial charge in [0.25, 0.3) is 0 Å². The standard InChI is InChI=1S/C14H32N2O2S/c1-7-11-15-13(10-12-19(6,17)18)14(4,5)16(8-2)9-3/h13,15H,7-12H2,1-6H3. The number of rotatable bonds is 10. The van der Waals surface area contributed by atoms with Crippen LogP contribution in [0.5, 0.6) is 0 Å². The lowest BCUT2D eigenvalue weighted by atomic mass is 9.90. The van der Waals surface area contributed by atoms with Crippen molar-refractivity contribution in [3.8, 4) is 0 Å². The third-order valence-corrected chi connectivity index (χ3v) is 4.83. The summed E-state index contributed by atoms with van der Waals surface area (Å²) >= 11 is 0. The van der Waals surface area contributed by atoms with Crippen LogP contribution in [0.1, 0.15) is 47.5 Å². The first-order valence-corrected chi connectivity index (χ1v) is 9.41. The topological polar surface area (TPSA) is 49.4 Å². The maximum Gasteiger partial charge on any atom is 0.147 e. The SMILES string of the molecule is CCCNC(CCS(C)(=O)=O)C(C)(C)N(CC)CC. The fourth-order valence-electron chi connectivity index (χ4n) is 2.61. The van der Waals surface area contributed by atoms with Crippen LogP contribution in [0.3, 0.4) is 0 Å². The summed E-state index contributed by atoms with van der Waals surface area (Å²) in [5.74, 6) is 0.249. The van der Waals surface area contributed by atoms with Crippen LogP contribution in [0.15, 0.2) is 0 Å². The van der Waals surface area contributed by atoms with Crippen LogP contribution in [0, 0.1) is 0 Å². The monoisotopic (exact) mass is 292 g/mol. The minimum absolute atomic E-state index is 0.0383. The van der Waals surface area contributed by atoms with Gasteiger partial charge in [-0.05, 0) is 46.3 Å². The Bertz CT molecular complexity index is 335. The van der Waals surface area contributed by atoms with Crippen LogP contribution in [0.2, 0.25) is 0 Å². The average molecular weight is 292 g/mol. The zero-order chi connectivity index (χ0) is 15.1. The maximum absolute atomic E-state index is 11.4. The summed E-state index contributed by atoms with van der Waals surface area (Å²) in [5, 5.41) is 3.53. The molecule has 4 nitrogen and oxygen atoms in total. The van der Waals surface area contributed by atoms with Gasteiger partial charge in [0.05, 0.1) is 5.75 Å². The Morgan fingerprint density at radius 2 is 1.68 bits per heavy atom. The lowest BCUT2D eigenvalue weighted by Gasteiger charge is -2.44. The van der Waals surface area contributed by atoms with E-state index in [1.807, 2.05) is 0 Å². The van der Waals surface area contributed by atoms with E-state index in [1.165, 1.54) is 6.26 Å². The van der Waals surface area contributed by atoms with E-state index in [1.54, 1.807) is 0 Å². The molecular formula is C14H32N2O2S. The van der Waals surface area contributed by atoms with Crippen LogP contribution in [0.4, 0.5) is 0 Å². The van der Waals surface area contributed by atoms with Crippen LogP contribution in [0.25, 0.3) is 0 Å². The Hall–Kier alpha value is -0.130. The highest BCUT2D eigenvalue weighted by molar-refractivity contribution is 7.90. The number of nitrogens with zero attached hydrogens (tertiary/aromatic N) is 1. The van der Waals surface area contributed by atoms with Gasteiger partial charge in [0.1, 0.15) is 9.84 Å². The van der Waals surface area contributed by atoms with Crippen molar-refractivity contribution < 1.29 is 8.42 Å². The second-order valence-corrected chi connectivity index (χ2v) is 8.01. The normalized spacial score (nSPS) is 14.9. The van der Waals surface area contributed by atoms with E-state index in [2.05, 4.69) is 44.8 Å². The summed E-state index contributed by atoms with van der Waals surface area (Å²) in [7, 11) is -2.90. The van der Waals surface area contributed by atoms with Crippen LogP contribution < -0.4 is 5.32 Å². The molecule has 0 aromatic rings. The predicted octanol–water partition coefficient (Wildman–Crippen LogP) is 1.91. The minimum atomic E-state index is -2.90. The van der Waals surface area contributed by atoms with E-state index in [0.29, 0.717) is 6.42 Å². The molecule has 1 atom stereocenters. The van der Waals surface area contributed by atoms with Gasteiger partial charge >= 0.3 is 0 Å². The highest BCUT2D eigenvalue weighted by Crippen LogP contribution is 2.21. The minimum Gasteiger partial charge on any atom is -0.312 e. The number of hydrogen-bond acceptors (Lipinski definition) is 4. The predicted molar refractivity (Wildman–Crippen MR) is 83.4 cm³/mol. The zero-order valence-electron chi connectivity index (χ0n) is 13.5. The summed E-state index contributed by atoms with van der Waals surface area (Å²) in [4.78, 5) is 2.39. The molecule has 0 aromatic carbocycles. The van der Waals surface area contributed by atoms with Gasteiger partial charge in [0.15, 0.2) is 0 Å². The zero-order valence-corrected chi connectivity index (χ0v) is 14.3. The molecule has 0 rings (SSSR count). The molecule has 5 heteroatoms. The molecular weight excluding hydrogens is 260 g/mol. The average Bonchev–Trinajstić information content (AvgIpc) is 2.28. The largest absolute Gasteiger partial charge is 0.312 e. The number of sulfone groups is 1. The first kappa shape index (κ1) is 18.9. The molecule has 0 aliphatic rings. The van der Waals surface area contributed by atoms with Gasteiger partial charge in [-0.1, -0.05) is 20.8 Å². The van der Waals surface area contributed by atoms with Crippen molar-refractivity contribution in [2.75, 3.05) is 31.6 Å². The van der Waals surface area contributed by atoms with E-state index in [9.17, 15) is 8.42 Å². The first-order valence-electron chi connectivity index (χ1n) is 7.35. The molecule has 1 N–H and O–H groups in total. The van der Waals surface area contributed by atoms with Crippen molar-refractivity contribution in [3.63, 3.8) is 0 Å². The van der Waals surface area contributed by atoms with E-state index in [4.69, 9.17) is 0 Å². The van der Waals surface area contributed by atoms with Crippen molar-refractivity contribution in [3.05, 3.63) is 0 Å². The molecule has 116 valence electrons. The lowest BCUT2D eigenvalue weighted by Crippen LogP contribution is -2.58. The van der Waals surface area contributed by atoms with Gasteiger partial charge in [-0.3, -0.25) is 4.90 Å². The second kappa shape index (κ2) is 8.22. The molecule has 0 fully saturated rings. The van der Waals surface area contributed by atoms with Crippen LogP contribution in [-0.4, -0.2) is 56.5 Å². The number of likely N-dealkylation sites (N-methyl/N-ethyl adjacent to an activating group) is 1. The van der Waals surface area contributed by atoms with E-state index >= 15 is 0 Å². The molecule has 0 aromatic heterocycles. The Kier molecular flexibility index (Phi) is 8.17. The molecule has 0 bridgehead atoms. The molecule has 0 amide bonds. The first-order chi connectivity index (χ1) is 8.69. The number of hydrogen-bond donors (Lipinski definition) is 1. The van der Waals surface area contributed by atoms with Crippen LogP contribution in [-0.2, 0) is 9.84 Å². The van der Waals surface area contributed by atoms with E-state index in [-0.39, 0.29) is 17.3 Å². The quantitative estimate of drug-likeness (QED) is 0.668. The lowest BCUT2D eigenvalue weighted by molar-refractivity contribution is 0.0898. The Labute approximate surface area is 119 Å². The fraction of sp³-hybridized carbons (Fsp3) is 1.00. The molecule has 0 heterocycles. The second-order valence-electron chi connectivity index (χ2n) is 5.75. The fourth-order valence-corrected chi connectivity index (χ4v) is 3.28. The molecule has 0 saturated carbocycles. The summed E-state index contributed by atoms with van der Waals surface area (Å²) in [5.41, 5.74) is -0.0383. The smallest absolute Gasteiger partial charge is 0.147 e. The third-order valence-electron chi connectivity index (χ3n) is 3.85. The Balaban J connectivity index is 4.89. The maximum atomic E-state index is 11.4. The molecule has 0 spiro atoms. The Morgan fingerprint density at radius 1 is 1.16 bits per heavy atom. The number of nitrogens with one attached hydrogen (secondary N) is 1. The van der Waals surface area contributed by atoms with Crippen molar-refractivity contribution >= 4 is 9.84 Å². The van der Waals surface area contributed by atoms with Gasteiger partial charge in [0, 0.05) is 17.8 Å². The third kappa shape index (κ3) is 6.72. The van der Waals surface area contributed by atoms with Crippen LogP contribution >= 0.6 is 0 Å². The van der Waals surface area contributed by atoms with Crippen molar-refractivity contribution in [2.45, 2.75) is 59.0 Å². The molecule has 0 aliphatic carbocycles. The summed E-state index contributed by atoms with van der Waals surface area (Å²) in [6.45, 7) is 13.7. The van der Waals surface area contributed by atoms with Gasteiger partial charge < -0.3 is 5.32 Å². The summed E-state index contributed by atoms with van der Waals surface area (Å²) in [6.07, 6.45) is 3.04. The highest BCUT2D eigenvalue weighted by atomic mass is 32.2. The molecule has 1 unspecified atom stereocenters. The van der Waals surface area contributed by atoms with Gasteiger partial charge in [-0.25, -0.2) is 8.42 Å². The summed E-state index contributed by atoms with van der Waals surface area (Å²) < 4.78 is 22.8. The van der Waals surface area contributed by atoms with Gasteiger partial charge in [-0.2, -0.15) is 0 Å². The van der Waals surface area contributed by atoms with Crippen molar-refractivity contribution in [1.29, 1.82) is 0 Å². The van der Waals surface area contributed by atoms with Gasteiger partial charge in [0.2, 0.25) is 0 Å². The highest BCUT2D eigenvalue weighted by Gasteiger charge is 2.33. The van der Waals surface area contributed by atoms with E-state index in [0.717, 1.165) is 26.1 Å². The molecule has 19 heavy (non-hydrogen) atoms. The van der Waals surface area contributed by atoms with Crippen molar-refractivity contribution in [2.24, 2.45) is 0 Å². The molecule has 0 saturated heterocycles. The summed E-state index contributed by atoms with van der Waals surface area (Å²) in [6, 6.07) is 0.196. The molecule has 0 radical (unpaired) electrons. The molecule has 0 aliphatic heterocycles. The Morgan fingerprint density at radius 3 is 2.05 bits per heavy atom. The van der Waals surface area contributed by atoms with Crippen molar-refractivity contribution in [1.82, 2.24) is 10.2 Å². The van der Waals surface area contributed by atoms with Gasteiger partial charge in [-0.15, -0.1) is 0 Å². The van der Waals surface area contributed by atoms with E-state index < -0.39 is 9.84 Å².